The molecule has 274 valence electrons. The summed E-state index contributed by atoms with van der Waals surface area (Å²) in [4.78, 5) is 15.7. The third-order valence-corrected chi connectivity index (χ3v) is 12.1. The zero-order valence-corrected chi connectivity index (χ0v) is 32.5. The molecule has 0 unspecified atom stereocenters. The maximum absolute atomic E-state index is 5.30. The largest absolute Gasteiger partial charge is 0.307 e. The number of aromatic nitrogens is 5. The zero-order chi connectivity index (χ0) is 38.5. The summed E-state index contributed by atoms with van der Waals surface area (Å²) in [5.74, 6) is 1.84. The third kappa shape index (κ3) is 5.05. The first-order valence-corrected chi connectivity index (χ1v) is 19.8. The van der Waals surface area contributed by atoms with E-state index in [9.17, 15) is 0 Å². The van der Waals surface area contributed by atoms with Crippen molar-refractivity contribution in [3.63, 3.8) is 0 Å². The summed E-state index contributed by atoms with van der Waals surface area (Å²) < 4.78 is 4.78. The van der Waals surface area contributed by atoms with Crippen molar-refractivity contribution in [2.24, 2.45) is 0 Å². The van der Waals surface area contributed by atoms with Crippen molar-refractivity contribution in [1.82, 2.24) is 24.1 Å². The van der Waals surface area contributed by atoms with E-state index in [1.165, 1.54) is 33.0 Å². The van der Waals surface area contributed by atoms with E-state index in [4.69, 9.17) is 15.0 Å². The van der Waals surface area contributed by atoms with Gasteiger partial charge in [0.25, 0.3) is 0 Å². The zero-order valence-electron chi connectivity index (χ0n) is 32.5. The molecule has 0 aliphatic heterocycles. The molecule has 11 rings (SSSR count). The lowest BCUT2D eigenvalue weighted by Crippen LogP contribution is -2.18. The summed E-state index contributed by atoms with van der Waals surface area (Å²) in [6.45, 7) is 9.62. The third-order valence-electron chi connectivity index (χ3n) is 12.1. The van der Waals surface area contributed by atoms with Crippen LogP contribution in [0.15, 0.2) is 164 Å². The van der Waals surface area contributed by atoms with Gasteiger partial charge in [-0.15, -0.1) is 0 Å². The van der Waals surface area contributed by atoms with E-state index in [1.807, 2.05) is 36.4 Å². The normalized spacial score (nSPS) is 14.5. The van der Waals surface area contributed by atoms with Crippen molar-refractivity contribution in [2.75, 3.05) is 0 Å². The minimum Gasteiger partial charge on any atom is -0.307 e. The highest BCUT2D eigenvalue weighted by Gasteiger charge is 2.43. The van der Waals surface area contributed by atoms with Crippen molar-refractivity contribution in [2.45, 2.75) is 44.9 Å². The molecule has 0 fully saturated rings. The topological polar surface area (TPSA) is 48.5 Å². The van der Waals surface area contributed by atoms with Crippen LogP contribution in [0.5, 0.6) is 0 Å². The fraction of sp³-hybridized carbons (Fsp3) is 0.135. The summed E-state index contributed by atoms with van der Waals surface area (Å²) in [6, 6.07) is 58.4. The lowest BCUT2D eigenvalue weighted by Gasteiger charge is -2.24. The standard InChI is InChI=1S/C52H41N5/c1-51(2)32-52(3,4)45-38(25-17-26-41(45)51)35-22-11-14-27-42(35)56-43-28-15-12-23-36(43)39-30-31-40-37-24-13-16-29-44(37)57(47(40)46(39)56)50-54-48(33-18-7-5-8-19-33)53-49(55-50)34-20-9-6-10-21-34/h5-31H,32H2,1-4H3. The minimum atomic E-state index is 0.0225. The predicted octanol–water partition coefficient (Wildman–Crippen LogP) is 13.0. The molecule has 0 saturated heterocycles. The van der Waals surface area contributed by atoms with Gasteiger partial charge in [0.05, 0.1) is 27.8 Å². The summed E-state index contributed by atoms with van der Waals surface area (Å²) in [5, 5.41) is 4.67. The molecular formula is C52H41N5. The van der Waals surface area contributed by atoms with Crippen LogP contribution in [0.1, 0.15) is 45.2 Å². The van der Waals surface area contributed by atoms with Gasteiger partial charge in [0.2, 0.25) is 5.95 Å². The minimum absolute atomic E-state index is 0.0225. The van der Waals surface area contributed by atoms with Gasteiger partial charge < -0.3 is 4.57 Å². The Balaban J connectivity index is 1.29. The number of nitrogens with zero attached hydrogens (tertiary/aromatic N) is 5. The van der Waals surface area contributed by atoms with E-state index in [0.717, 1.165) is 56.1 Å². The first-order valence-electron chi connectivity index (χ1n) is 19.8. The molecule has 0 N–H and O–H groups in total. The van der Waals surface area contributed by atoms with Crippen molar-refractivity contribution in [3.8, 4) is 45.5 Å². The van der Waals surface area contributed by atoms with Crippen molar-refractivity contribution < 1.29 is 0 Å². The number of hydrogen-bond acceptors (Lipinski definition) is 3. The first-order chi connectivity index (χ1) is 27.8. The van der Waals surface area contributed by atoms with Crippen molar-refractivity contribution >= 4 is 43.6 Å². The highest BCUT2D eigenvalue weighted by Crippen LogP contribution is 2.53. The summed E-state index contributed by atoms with van der Waals surface area (Å²) in [5.41, 5.74) is 12.9. The molecule has 1 aliphatic rings. The highest BCUT2D eigenvalue weighted by atomic mass is 15.2. The lowest BCUT2D eigenvalue weighted by molar-refractivity contribution is 0.403. The molecule has 0 bridgehead atoms. The fourth-order valence-electron chi connectivity index (χ4n) is 10.1. The molecule has 5 nitrogen and oxygen atoms in total. The van der Waals surface area contributed by atoms with Crippen LogP contribution in [0.3, 0.4) is 0 Å². The SMILES string of the molecule is CC1(C)CC(C)(C)c2c(-c3ccccc3-n3c4ccccc4c4ccc5c6ccccc6n(-c6nc(-c7ccccc7)nc(-c7ccccc7)n6)c5c43)cccc21. The molecule has 0 atom stereocenters. The van der Waals surface area contributed by atoms with Gasteiger partial charge in [-0.1, -0.05) is 173 Å². The molecule has 57 heavy (non-hydrogen) atoms. The Bertz CT molecular complexity index is 3150. The predicted molar refractivity (Wildman–Crippen MR) is 235 cm³/mol. The van der Waals surface area contributed by atoms with Crippen LogP contribution in [-0.4, -0.2) is 24.1 Å². The Morgan fingerprint density at radius 2 is 0.930 bits per heavy atom. The summed E-state index contributed by atoms with van der Waals surface area (Å²) in [7, 11) is 0. The number of benzene rings is 7. The van der Waals surface area contributed by atoms with Gasteiger partial charge in [-0.05, 0) is 52.1 Å². The molecular weight excluding hydrogens is 695 g/mol. The quantitative estimate of drug-likeness (QED) is 0.177. The lowest BCUT2D eigenvalue weighted by atomic mass is 9.80. The highest BCUT2D eigenvalue weighted by molar-refractivity contribution is 6.24. The van der Waals surface area contributed by atoms with E-state index in [0.29, 0.717) is 17.6 Å². The van der Waals surface area contributed by atoms with Crippen LogP contribution in [-0.2, 0) is 10.8 Å². The van der Waals surface area contributed by atoms with E-state index >= 15 is 0 Å². The van der Waals surface area contributed by atoms with Crippen LogP contribution in [0.2, 0.25) is 0 Å². The maximum Gasteiger partial charge on any atom is 0.238 e. The Hall–Kier alpha value is -6.85. The molecule has 3 heterocycles. The molecule has 0 saturated carbocycles. The van der Waals surface area contributed by atoms with E-state index < -0.39 is 0 Å². The van der Waals surface area contributed by atoms with Gasteiger partial charge in [-0.3, -0.25) is 4.57 Å². The average Bonchev–Trinajstić information content (AvgIpc) is 3.83. The number of fused-ring (bicyclic) bond motifs is 8. The van der Waals surface area contributed by atoms with Crippen molar-refractivity contribution in [3.05, 3.63) is 175 Å². The molecule has 0 amide bonds. The van der Waals surface area contributed by atoms with Gasteiger partial charge in [-0.25, -0.2) is 4.98 Å². The molecule has 1 aliphatic carbocycles. The Kier molecular flexibility index (Phi) is 7.24. The summed E-state index contributed by atoms with van der Waals surface area (Å²) in [6.07, 6.45) is 1.10. The smallest absolute Gasteiger partial charge is 0.238 e. The van der Waals surface area contributed by atoms with Crippen LogP contribution in [0.4, 0.5) is 0 Å². The van der Waals surface area contributed by atoms with E-state index in [-0.39, 0.29) is 10.8 Å². The molecule has 0 radical (unpaired) electrons. The molecule has 10 aromatic rings. The number of rotatable bonds is 5. The van der Waals surface area contributed by atoms with Gasteiger partial charge >= 0.3 is 0 Å². The number of para-hydroxylation sites is 3. The molecule has 5 heteroatoms. The van der Waals surface area contributed by atoms with Gasteiger partial charge in [-0.2, -0.15) is 9.97 Å². The van der Waals surface area contributed by atoms with Crippen molar-refractivity contribution in [1.29, 1.82) is 0 Å². The van der Waals surface area contributed by atoms with Gasteiger partial charge in [0.15, 0.2) is 11.6 Å². The molecule has 0 spiro atoms. The second kappa shape index (κ2) is 12.3. The maximum atomic E-state index is 5.30. The second-order valence-corrected chi connectivity index (χ2v) is 16.8. The van der Waals surface area contributed by atoms with E-state index in [2.05, 4.69) is 164 Å². The summed E-state index contributed by atoms with van der Waals surface area (Å²) >= 11 is 0. The number of hydrogen-bond donors (Lipinski definition) is 0. The fourth-order valence-corrected chi connectivity index (χ4v) is 10.1. The molecule has 3 aromatic heterocycles. The van der Waals surface area contributed by atoms with Gasteiger partial charge in [0.1, 0.15) is 0 Å². The first kappa shape index (κ1) is 33.5. The molecule has 7 aromatic carbocycles. The van der Waals surface area contributed by atoms with Crippen LogP contribution in [0, 0.1) is 0 Å². The van der Waals surface area contributed by atoms with Crippen LogP contribution < -0.4 is 0 Å². The monoisotopic (exact) mass is 735 g/mol. The van der Waals surface area contributed by atoms with Crippen LogP contribution >= 0.6 is 0 Å². The van der Waals surface area contributed by atoms with E-state index in [1.54, 1.807) is 0 Å². The second-order valence-electron chi connectivity index (χ2n) is 16.8. The van der Waals surface area contributed by atoms with Crippen LogP contribution in [0.25, 0.3) is 89.2 Å². The Morgan fingerprint density at radius 3 is 1.56 bits per heavy atom. The average molecular weight is 736 g/mol. The van der Waals surface area contributed by atoms with Gasteiger partial charge in [0, 0.05) is 38.2 Å². The Morgan fingerprint density at radius 1 is 0.421 bits per heavy atom. The Labute approximate surface area is 331 Å².